The smallest absolute Gasteiger partial charge is 0.419 e. The molecule has 0 aliphatic heterocycles. The molecule has 0 aliphatic rings. The second kappa shape index (κ2) is 6.65. The van der Waals surface area contributed by atoms with Crippen LogP contribution in [-0.2, 0) is 4.74 Å². The number of hydrogen-bond acceptors (Lipinski definition) is 3. The van der Waals surface area contributed by atoms with Gasteiger partial charge in [-0.05, 0) is 54.9 Å². The van der Waals surface area contributed by atoms with Crippen molar-refractivity contribution in [2.45, 2.75) is 26.4 Å². The first-order chi connectivity index (χ1) is 10.6. The van der Waals surface area contributed by atoms with Gasteiger partial charge in [0.25, 0.3) is 0 Å². The number of carbonyl (C=O) groups excluding carboxylic acids is 1. The zero-order valence-corrected chi connectivity index (χ0v) is 16.3. The number of carbonyl (C=O) groups is 1. The Balaban J connectivity index is 2.60. The van der Waals surface area contributed by atoms with Crippen molar-refractivity contribution in [3.63, 3.8) is 0 Å². The maximum Gasteiger partial charge on any atom is 0.419 e. The molecule has 0 saturated heterocycles. The Morgan fingerprint density at radius 3 is 2.39 bits per heavy atom. The third-order valence-electron chi connectivity index (χ3n) is 2.87. The quantitative estimate of drug-likeness (QED) is 0.599. The largest absolute Gasteiger partial charge is 0.496 e. The second-order valence-electron chi connectivity index (χ2n) is 5.86. The van der Waals surface area contributed by atoms with Crippen LogP contribution in [0.3, 0.4) is 0 Å². The molecule has 2 rings (SSSR count). The van der Waals surface area contributed by atoms with Crippen LogP contribution >= 0.6 is 31.9 Å². The van der Waals surface area contributed by atoms with E-state index >= 15 is 0 Å². The van der Waals surface area contributed by atoms with Crippen LogP contribution in [0, 0.1) is 5.82 Å². The van der Waals surface area contributed by atoms with Crippen molar-refractivity contribution in [1.82, 2.24) is 4.57 Å². The summed E-state index contributed by atoms with van der Waals surface area (Å²) < 4.78 is 27.5. The zero-order chi connectivity index (χ0) is 17.4. The number of methoxy groups -OCH3 is 1. The number of aromatic nitrogens is 1. The highest BCUT2D eigenvalue weighted by Gasteiger charge is 2.24. The number of nitrogens with zero attached hydrogens (tertiary/aromatic N) is 1. The normalized spacial score (nSPS) is 11.4. The highest BCUT2D eigenvalue weighted by Crippen LogP contribution is 2.37. The molecule has 2 aromatic rings. The molecule has 4 nitrogen and oxygen atoms in total. The van der Waals surface area contributed by atoms with Gasteiger partial charge in [0.05, 0.1) is 18.4 Å². The van der Waals surface area contributed by atoms with Crippen molar-refractivity contribution in [2.24, 2.45) is 0 Å². The Morgan fingerprint density at radius 2 is 1.83 bits per heavy atom. The summed E-state index contributed by atoms with van der Waals surface area (Å²) >= 11 is 6.54. The van der Waals surface area contributed by atoms with Crippen molar-refractivity contribution >= 4 is 38.0 Å². The summed E-state index contributed by atoms with van der Waals surface area (Å²) in [6, 6.07) is 4.59. The van der Waals surface area contributed by atoms with Crippen molar-refractivity contribution in [1.29, 1.82) is 0 Å². The molecule has 0 saturated carbocycles. The molecule has 7 heteroatoms. The third kappa shape index (κ3) is 4.14. The van der Waals surface area contributed by atoms with Gasteiger partial charge in [-0.2, -0.15) is 0 Å². The van der Waals surface area contributed by atoms with Crippen molar-refractivity contribution in [2.75, 3.05) is 7.11 Å². The maximum atomic E-state index is 14.5. The monoisotopic (exact) mass is 447 g/mol. The predicted octanol–water partition coefficient (Wildman–Crippen LogP) is 5.61. The summed E-state index contributed by atoms with van der Waals surface area (Å²) in [7, 11) is 1.44. The van der Waals surface area contributed by atoms with E-state index in [-0.39, 0.29) is 5.56 Å². The van der Waals surface area contributed by atoms with Gasteiger partial charge in [-0.3, -0.25) is 4.57 Å². The van der Waals surface area contributed by atoms with Gasteiger partial charge in [0, 0.05) is 15.1 Å². The molecular formula is C16H16Br2FNO3. The van der Waals surface area contributed by atoms with Crippen molar-refractivity contribution in [3.05, 3.63) is 39.2 Å². The minimum absolute atomic E-state index is 0.187. The molecule has 0 aliphatic carbocycles. The third-order valence-corrected chi connectivity index (χ3v) is 3.76. The van der Waals surface area contributed by atoms with Gasteiger partial charge in [0.2, 0.25) is 0 Å². The summed E-state index contributed by atoms with van der Waals surface area (Å²) in [4.78, 5) is 12.4. The number of benzene rings is 1. The molecule has 0 atom stereocenters. The Hall–Kier alpha value is -1.34. The Labute approximate surface area is 150 Å². The first-order valence-electron chi connectivity index (χ1n) is 6.77. The fourth-order valence-corrected chi connectivity index (χ4v) is 2.88. The van der Waals surface area contributed by atoms with Crippen molar-refractivity contribution in [3.8, 4) is 17.0 Å². The van der Waals surface area contributed by atoms with Crippen LogP contribution in [0.2, 0.25) is 0 Å². The van der Waals surface area contributed by atoms with Crippen LogP contribution in [-0.4, -0.2) is 23.4 Å². The van der Waals surface area contributed by atoms with E-state index in [1.807, 2.05) is 0 Å². The summed E-state index contributed by atoms with van der Waals surface area (Å²) in [5, 5.41) is 0. The number of ether oxygens (including phenoxy) is 2. The highest BCUT2D eigenvalue weighted by molar-refractivity contribution is 9.10. The molecule has 0 spiro atoms. The molecule has 1 aromatic carbocycles. The lowest BCUT2D eigenvalue weighted by Crippen LogP contribution is -2.27. The van der Waals surface area contributed by atoms with Crippen LogP contribution in [0.5, 0.6) is 5.75 Å². The lowest BCUT2D eigenvalue weighted by molar-refractivity contribution is 0.0540. The van der Waals surface area contributed by atoms with Gasteiger partial charge in [0.1, 0.15) is 17.2 Å². The van der Waals surface area contributed by atoms with Gasteiger partial charge in [-0.25, -0.2) is 9.18 Å². The first-order valence-corrected chi connectivity index (χ1v) is 8.35. The molecule has 0 N–H and O–H groups in total. The average molecular weight is 449 g/mol. The molecule has 0 amide bonds. The van der Waals surface area contributed by atoms with Gasteiger partial charge >= 0.3 is 6.09 Å². The summed E-state index contributed by atoms with van der Waals surface area (Å²) in [5.74, 6) is -0.195. The van der Waals surface area contributed by atoms with Crippen molar-refractivity contribution < 1.29 is 18.7 Å². The Morgan fingerprint density at radius 1 is 1.17 bits per heavy atom. The van der Waals surface area contributed by atoms with Gasteiger partial charge in [-0.1, -0.05) is 15.9 Å². The fraction of sp³-hybridized carbons (Fsp3) is 0.312. The lowest BCUT2D eigenvalue weighted by atomic mass is 10.1. The Bertz CT molecular complexity index is 751. The number of rotatable bonds is 2. The highest BCUT2D eigenvalue weighted by atomic mass is 79.9. The maximum absolute atomic E-state index is 14.5. The first kappa shape index (κ1) is 18.0. The average Bonchev–Trinajstić information content (AvgIpc) is 2.77. The van der Waals surface area contributed by atoms with Crippen LogP contribution < -0.4 is 4.74 Å². The standard InChI is InChI=1S/C16H16Br2FNO3/c1-16(2,3)23-15(21)20-8-10(18)6-12(20)14-11(19)5-9(17)7-13(14)22-4/h5-8H,1-4H3. The van der Waals surface area contributed by atoms with E-state index in [0.717, 1.165) is 0 Å². The van der Waals surface area contributed by atoms with Gasteiger partial charge in [-0.15, -0.1) is 0 Å². The summed E-state index contributed by atoms with van der Waals surface area (Å²) in [6.07, 6.45) is 0.937. The second-order valence-corrected chi connectivity index (χ2v) is 7.69. The molecule has 124 valence electrons. The van der Waals surface area contributed by atoms with E-state index in [9.17, 15) is 9.18 Å². The summed E-state index contributed by atoms with van der Waals surface area (Å²) in [5.41, 5.74) is -0.131. The topological polar surface area (TPSA) is 40.5 Å². The van der Waals surface area contributed by atoms with Crippen LogP contribution in [0.25, 0.3) is 11.3 Å². The number of hydrogen-bond donors (Lipinski definition) is 0. The van der Waals surface area contributed by atoms with E-state index in [1.165, 1.54) is 23.9 Å². The predicted molar refractivity (Wildman–Crippen MR) is 93.4 cm³/mol. The summed E-state index contributed by atoms with van der Waals surface area (Å²) in [6.45, 7) is 5.30. The van der Waals surface area contributed by atoms with Gasteiger partial charge < -0.3 is 9.47 Å². The van der Waals surface area contributed by atoms with E-state index in [1.54, 1.807) is 32.9 Å². The van der Waals surface area contributed by atoms with Crippen LogP contribution in [0.1, 0.15) is 20.8 Å². The van der Waals surface area contributed by atoms with E-state index in [4.69, 9.17) is 9.47 Å². The molecule has 0 radical (unpaired) electrons. The molecule has 23 heavy (non-hydrogen) atoms. The molecule has 0 bridgehead atoms. The SMILES string of the molecule is COc1cc(Br)cc(F)c1-c1cc(Br)cn1C(=O)OC(C)(C)C. The Kier molecular flexibility index (Phi) is 5.20. The molecule has 1 heterocycles. The molecule has 1 aromatic heterocycles. The van der Waals surface area contributed by atoms with Crippen LogP contribution in [0.4, 0.5) is 9.18 Å². The van der Waals surface area contributed by atoms with Crippen LogP contribution in [0.15, 0.2) is 33.3 Å². The molecule has 0 fully saturated rings. The van der Waals surface area contributed by atoms with E-state index in [0.29, 0.717) is 20.4 Å². The molecule has 0 unspecified atom stereocenters. The number of halogens is 3. The zero-order valence-electron chi connectivity index (χ0n) is 13.1. The lowest BCUT2D eigenvalue weighted by Gasteiger charge is -2.21. The minimum Gasteiger partial charge on any atom is -0.496 e. The fourth-order valence-electron chi connectivity index (χ4n) is 2.04. The van der Waals surface area contributed by atoms with Gasteiger partial charge in [0.15, 0.2) is 0 Å². The van der Waals surface area contributed by atoms with E-state index in [2.05, 4.69) is 31.9 Å². The molecular weight excluding hydrogens is 433 g/mol. The minimum atomic E-state index is -0.659. The van der Waals surface area contributed by atoms with E-state index < -0.39 is 17.5 Å².